The smallest absolute Gasteiger partial charge is 0.339 e. The summed E-state index contributed by atoms with van der Waals surface area (Å²) in [5, 5.41) is 0. The molecule has 2 aromatic rings. The lowest BCUT2D eigenvalue weighted by atomic mass is 10.1. The van der Waals surface area contributed by atoms with Crippen molar-refractivity contribution in [2.45, 2.75) is 20.0 Å². The van der Waals surface area contributed by atoms with E-state index in [1.54, 1.807) is 37.4 Å². The number of methoxy groups -OCH3 is 1. The first-order valence-electron chi connectivity index (χ1n) is 7.72. The van der Waals surface area contributed by atoms with Crippen LogP contribution in [0.3, 0.4) is 0 Å². The van der Waals surface area contributed by atoms with E-state index in [1.165, 1.54) is 0 Å². The Balaban J connectivity index is 2.08. The van der Waals surface area contributed by atoms with Crippen molar-refractivity contribution in [2.24, 2.45) is 0 Å². The summed E-state index contributed by atoms with van der Waals surface area (Å²) in [6.07, 6.45) is 0.716. The first kappa shape index (κ1) is 17.5. The van der Waals surface area contributed by atoms with Crippen molar-refractivity contribution in [3.05, 3.63) is 65.2 Å². The van der Waals surface area contributed by atoms with Gasteiger partial charge < -0.3 is 14.2 Å². The summed E-state index contributed by atoms with van der Waals surface area (Å²) >= 11 is 0. The molecule has 2 aromatic carbocycles. The average molecular weight is 328 g/mol. The normalized spacial score (nSPS) is 10.1. The van der Waals surface area contributed by atoms with Gasteiger partial charge in [0.05, 0.1) is 24.8 Å². The highest BCUT2D eigenvalue weighted by atomic mass is 16.5. The maximum Gasteiger partial charge on any atom is 0.339 e. The monoisotopic (exact) mass is 328 g/mol. The largest absolute Gasteiger partial charge is 0.497 e. The highest BCUT2D eigenvalue weighted by Crippen LogP contribution is 2.16. The van der Waals surface area contributed by atoms with E-state index in [0.717, 1.165) is 5.56 Å². The summed E-state index contributed by atoms with van der Waals surface area (Å²) in [5.74, 6) is -0.403. The summed E-state index contributed by atoms with van der Waals surface area (Å²) in [6, 6.07) is 13.7. The van der Waals surface area contributed by atoms with E-state index in [-0.39, 0.29) is 17.7 Å². The number of carbonyl (C=O) groups is 2. The summed E-state index contributed by atoms with van der Waals surface area (Å²) in [6.45, 7) is 2.31. The Kier molecular flexibility index (Phi) is 6.37. The zero-order chi connectivity index (χ0) is 17.4. The fraction of sp³-hybridized carbons (Fsp3) is 0.263. The van der Waals surface area contributed by atoms with E-state index in [4.69, 9.17) is 14.2 Å². The lowest BCUT2D eigenvalue weighted by Crippen LogP contribution is -2.14. The Morgan fingerprint density at radius 3 is 2.21 bits per heavy atom. The fourth-order valence-corrected chi connectivity index (χ4v) is 2.10. The fourth-order valence-electron chi connectivity index (χ4n) is 2.10. The van der Waals surface area contributed by atoms with Gasteiger partial charge in [0.1, 0.15) is 12.4 Å². The Hall–Kier alpha value is -2.82. The molecule has 2 rings (SSSR count). The van der Waals surface area contributed by atoms with Crippen molar-refractivity contribution in [1.82, 2.24) is 0 Å². The molecule has 0 aliphatic rings. The van der Waals surface area contributed by atoms with Gasteiger partial charge in [-0.15, -0.1) is 0 Å². The number of carbonyl (C=O) groups excluding carboxylic acids is 2. The highest BCUT2D eigenvalue weighted by molar-refractivity contribution is 6.03. The van der Waals surface area contributed by atoms with Crippen LogP contribution in [-0.2, 0) is 16.1 Å². The molecule has 0 heterocycles. The lowest BCUT2D eigenvalue weighted by Gasteiger charge is -2.10. The zero-order valence-electron chi connectivity index (χ0n) is 13.8. The highest BCUT2D eigenvalue weighted by Gasteiger charge is 2.18. The number of hydrogen-bond donors (Lipinski definition) is 0. The van der Waals surface area contributed by atoms with Gasteiger partial charge in [0, 0.05) is 0 Å². The second kappa shape index (κ2) is 8.72. The van der Waals surface area contributed by atoms with Crippen LogP contribution in [0.2, 0.25) is 0 Å². The Labute approximate surface area is 141 Å². The molecule has 0 amide bonds. The first-order valence-corrected chi connectivity index (χ1v) is 7.72. The number of rotatable bonds is 7. The molecular formula is C19H20O5. The standard InChI is InChI=1S/C19H20O5/c1-3-11-23-18(20)16-9-4-5-10-17(16)19(21)24-13-14-7-6-8-15(12-14)22-2/h4-10,12H,3,11,13H2,1-2H3. The van der Waals surface area contributed by atoms with Crippen LogP contribution in [0, 0.1) is 0 Å². The molecule has 0 aromatic heterocycles. The van der Waals surface area contributed by atoms with Crippen molar-refractivity contribution in [2.75, 3.05) is 13.7 Å². The predicted molar refractivity (Wildman–Crippen MR) is 89.1 cm³/mol. The van der Waals surface area contributed by atoms with Crippen LogP contribution in [0.4, 0.5) is 0 Å². The van der Waals surface area contributed by atoms with Crippen molar-refractivity contribution in [3.8, 4) is 5.75 Å². The molecule has 0 fully saturated rings. The molecule has 0 radical (unpaired) electrons. The van der Waals surface area contributed by atoms with E-state index in [1.807, 2.05) is 25.1 Å². The zero-order valence-corrected chi connectivity index (χ0v) is 13.8. The van der Waals surface area contributed by atoms with Crippen molar-refractivity contribution >= 4 is 11.9 Å². The molecule has 24 heavy (non-hydrogen) atoms. The van der Waals surface area contributed by atoms with Crippen molar-refractivity contribution < 1.29 is 23.8 Å². The lowest BCUT2D eigenvalue weighted by molar-refractivity contribution is 0.0439. The molecule has 0 saturated carbocycles. The van der Waals surface area contributed by atoms with Crippen LogP contribution in [0.1, 0.15) is 39.6 Å². The second-order valence-electron chi connectivity index (χ2n) is 5.11. The summed E-state index contributed by atoms with van der Waals surface area (Å²) in [7, 11) is 1.57. The Bertz CT molecular complexity index is 708. The molecule has 0 unspecified atom stereocenters. The molecule has 0 aliphatic heterocycles. The average Bonchev–Trinajstić information content (AvgIpc) is 2.64. The van der Waals surface area contributed by atoms with E-state index in [9.17, 15) is 9.59 Å². The van der Waals surface area contributed by atoms with Crippen LogP contribution in [0.5, 0.6) is 5.75 Å². The molecule has 0 saturated heterocycles. The minimum Gasteiger partial charge on any atom is -0.497 e. The maximum atomic E-state index is 12.3. The maximum absolute atomic E-state index is 12.3. The molecule has 0 atom stereocenters. The molecule has 126 valence electrons. The third kappa shape index (κ3) is 4.59. The van der Waals surface area contributed by atoms with Gasteiger partial charge in [0.2, 0.25) is 0 Å². The van der Waals surface area contributed by atoms with Crippen molar-refractivity contribution in [3.63, 3.8) is 0 Å². The quantitative estimate of drug-likeness (QED) is 0.727. The van der Waals surface area contributed by atoms with Crippen LogP contribution in [-0.4, -0.2) is 25.7 Å². The third-order valence-electron chi connectivity index (χ3n) is 3.31. The van der Waals surface area contributed by atoms with Gasteiger partial charge in [-0.05, 0) is 36.2 Å². The van der Waals surface area contributed by atoms with Gasteiger partial charge >= 0.3 is 11.9 Å². The van der Waals surface area contributed by atoms with E-state index in [0.29, 0.717) is 18.8 Å². The molecule has 0 N–H and O–H groups in total. The van der Waals surface area contributed by atoms with Crippen molar-refractivity contribution in [1.29, 1.82) is 0 Å². The predicted octanol–water partition coefficient (Wildman–Crippen LogP) is 3.62. The second-order valence-corrected chi connectivity index (χ2v) is 5.11. The number of benzene rings is 2. The van der Waals surface area contributed by atoms with Gasteiger partial charge in [-0.2, -0.15) is 0 Å². The number of esters is 2. The molecule has 5 heteroatoms. The van der Waals surface area contributed by atoms with Gasteiger partial charge in [0.25, 0.3) is 0 Å². The van der Waals surface area contributed by atoms with Gasteiger partial charge in [-0.3, -0.25) is 0 Å². The Morgan fingerprint density at radius 1 is 0.917 bits per heavy atom. The topological polar surface area (TPSA) is 61.8 Å². The molecular weight excluding hydrogens is 308 g/mol. The number of ether oxygens (including phenoxy) is 3. The Morgan fingerprint density at radius 2 is 1.58 bits per heavy atom. The molecule has 5 nitrogen and oxygen atoms in total. The minimum absolute atomic E-state index is 0.0916. The summed E-state index contributed by atoms with van der Waals surface area (Å²) < 4.78 is 15.5. The summed E-state index contributed by atoms with van der Waals surface area (Å²) in [5.41, 5.74) is 1.21. The van der Waals surface area contributed by atoms with E-state index in [2.05, 4.69) is 0 Å². The third-order valence-corrected chi connectivity index (χ3v) is 3.31. The number of hydrogen-bond acceptors (Lipinski definition) is 5. The van der Waals surface area contributed by atoms with Gasteiger partial charge in [-0.25, -0.2) is 9.59 Å². The van der Waals surface area contributed by atoms with E-state index < -0.39 is 11.9 Å². The van der Waals surface area contributed by atoms with Crippen LogP contribution >= 0.6 is 0 Å². The molecule has 0 aliphatic carbocycles. The van der Waals surface area contributed by atoms with Crippen LogP contribution in [0.15, 0.2) is 48.5 Å². The van der Waals surface area contributed by atoms with Gasteiger partial charge in [-0.1, -0.05) is 31.2 Å². The minimum atomic E-state index is -0.568. The molecule has 0 bridgehead atoms. The van der Waals surface area contributed by atoms with Gasteiger partial charge in [0.15, 0.2) is 0 Å². The summed E-state index contributed by atoms with van der Waals surface area (Å²) in [4.78, 5) is 24.4. The molecule has 0 spiro atoms. The van der Waals surface area contributed by atoms with E-state index >= 15 is 0 Å². The van der Waals surface area contributed by atoms with Crippen LogP contribution < -0.4 is 4.74 Å². The SMILES string of the molecule is CCCOC(=O)c1ccccc1C(=O)OCc1cccc(OC)c1. The first-order chi connectivity index (χ1) is 11.7. The van der Waals surface area contributed by atoms with Crippen LogP contribution in [0.25, 0.3) is 0 Å².